The molecular weight excluding hydrogens is 298 g/mol. The number of hydrogen-bond acceptors (Lipinski definition) is 4. The summed E-state index contributed by atoms with van der Waals surface area (Å²) in [7, 11) is 0. The Morgan fingerprint density at radius 1 is 1.00 bits per heavy atom. The van der Waals surface area contributed by atoms with Crippen molar-refractivity contribution in [1.29, 1.82) is 0 Å². The first-order valence-corrected chi connectivity index (χ1v) is 7.29. The summed E-state index contributed by atoms with van der Waals surface area (Å²) in [6.07, 6.45) is 1.62. The van der Waals surface area contributed by atoms with Crippen LogP contribution in [0.25, 0.3) is 0 Å². The highest BCUT2D eigenvalue weighted by Gasteiger charge is 2.13. The van der Waals surface area contributed by atoms with Crippen LogP contribution in [0.5, 0.6) is 11.5 Å². The SMILES string of the molecule is CCOc1ccc(C(=O)NNC(=O)c2ccc[nH]2)cc1OCC. The Morgan fingerprint density at radius 2 is 1.70 bits per heavy atom. The second-order valence-electron chi connectivity index (χ2n) is 4.52. The van der Waals surface area contributed by atoms with Crippen LogP contribution in [0.15, 0.2) is 36.5 Å². The van der Waals surface area contributed by atoms with E-state index in [2.05, 4.69) is 15.8 Å². The third-order valence-electron chi connectivity index (χ3n) is 2.94. The molecule has 2 rings (SSSR count). The molecule has 0 saturated carbocycles. The summed E-state index contributed by atoms with van der Waals surface area (Å²) in [6.45, 7) is 4.66. The molecule has 1 aromatic carbocycles. The van der Waals surface area contributed by atoms with E-state index in [1.165, 1.54) is 0 Å². The predicted octanol–water partition coefficient (Wildman–Crippen LogP) is 1.89. The number of carbonyl (C=O) groups is 2. The van der Waals surface area contributed by atoms with Gasteiger partial charge < -0.3 is 14.5 Å². The van der Waals surface area contributed by atoms with Crippen molar-refractivity contribution >= 4 is 11.8 Å². The number of carbonyl (C=O) groups excluding carboxylic acids is 2. The minimum atomic E-state index is -0.450. The molecule has 7 nitrogen and oxygen atoms in total. The van der Waals surface area contributed by atoms with Gasteiger partial charge in [-0.15, -0.1) is 0 Å². The molecule has 23 heavy (non-hydrogen) atoms. The Kier molecular flexibility index (Phi) is 5.62. The van der Waals surface area contributed by atoms with Crippen molar-refractivity contribution in [2.75, 3.05) is 13.2 Å². The number of rotatable bonds is 6. The van der Waals surface area contributed by atoms with E-state index in [9.17, 15) is 9.59 Å². The molecule has 0 unspecified atom stereocenters. The molecule has 2 aromatic rings. The molecule has 0 spiro atoms. The van der Waals surface area contributed by atoms with E-state index >= 15 is 0 Å². The van der Waals surface area contributed by atoms with E-state index in [4.69, 9.17) is 9.47 Å². The summed E-state index contributed by atoms with van der Waals surface area (Å²) >= 11 is 0. The van der Waals surface area contributed by atoms with Crippen LogP contribution in [0.2, 0.25) is 0 Å². The van der Waals surface area contributed by atoms with E-state index in [0.29, 0.717) is 36.0 Å². The van der Waals surface area contributed by atoms with E-state index in [-0.39, 0.29) is 0 Å². The van der Waals surface area contributed by atoms with Crippen LogP contribution < -0.4 is 20.3 Å². The van der Waals surface area contributed by atoms with E-state index in [0.717, 1.165) is 0 Å². The first-order chi connectivity index (χ1) is 11.2. The molecule has 2 amide bonds. The number of aromatic nitrogens is 1. The van der Waals surface area contributed by atoms with E-state index in [1.54, 1.807) is 36.5 Å². The van der Waals surface area contributed by atoms with Gasteiger partial charge in [-0.25, -0.2) is 0 Å². The van der Waals surface area contributed by atoms with Crippen molar-refractivity contribution in [3.05, 3.63) is 47.8 Å². The smallest absolute Gasteiger partial charge is 0.286 e. The molecule has 0 aliphatic heterocycles. The Bertz CT molecular complexity index is 668. The molecule has 1 aromatic heterocycles. The average Bonchev–Trinajstić information content (AvgIpc) is 3.09. The summed E-state index contributed by atoms with van der Waals surface area (Å²) in [6, 6.07) is 8.13. The molecular formula is C16H19N3O4. The van der Waals surface area contributed by atoms with Crippen molar-refractivity contribution in [3.63, 3.8) is 0 Å². The molecule has 0 bridgehead atoms. The Balaban J connectivity index is 2.03. The van der Waals surface area contributed by atoms with Gasteiger partial charge in [0.25, 0.3) is 11.8 Å². The fraction of sp³-hybridized carbons (Fsp3) is 0.250. The van der Waals surface area contributed by atoms with Gasteiger partial charge in [-0.3, -0.25) is 20.4 Å². The highest BCUT2D eigenvalue weighted by molar-refractivity contribution is 5.98. The monoisotopic (exact) mass is 317 g/mol. The summed E-state index contributed by atoms with van der Waals surface area (Å²) < 4.78 is 10.9. The van der Waals surface area contributed by atoms with Crippen molar-refractivity contribution in [2.24, 2.45) is 0 Å². The first kappa shape index (κ1) is 16.4. The average molecular weight is 317 g/mol. The molecule has 0 saturated heterocycles. The second kappa shape index (κ2) is 7.88. The number of nitrogens with one attached hydrogen (secondary N) is 3. The van der Waals surface area contributed by atoms with Crippen molar-refractivity contribution < 1.29 is 19.1 Å². The first-order valence-electron chi connectivity index (χ1n) is 7.29. The van der Waals surface area contributed by atoms with Gasteiger partial charge in [0.1, 0.15) is 5.69 Å². The summed E-state index contributed by atoms with van der Waals surface area (Å²) in [5, 5.41) is 0. The molecule has 0 aliphatic rings. The van der Waals surface area contributed by atoms with Crippen LogP contribution in [-0.2, 0) is 0 Å². The van der Waals surface area contributed by atoms with Gasteiger partial charge >= 0.3 is 0 Å². The molecule has 1 heterocycles. The maximum atomic E-state index is 12.1. The topological polar surface area (TPSA) is 92.5 Å². The molecule has 122 valence electrons. The van der Waals surface area contributed by atoms with Crippen LogP contribution in [0, 0.1) is 0 Å². The lowest BCUT2D eigenvalue weighted by molar-refractivity contribution is 0.0844. The largest absolute Gasteiger partial charge is 0.490 e. The number of hydrogen-bond donors (Lipinski definition) is 3. The third kappa shape index (κ3) is 4.26. The highest BCUT2D eigenvalue weighted by Crippen LogP contribution is 2.28. The number of benzene rings is 1. The van der Waals surface area contributed by atoms with Crippen molar-refractivity contribution in [2.45, 2.75) is 13.8 Å². The van der Waals surface area contributed by atoms with Gasteiger partial charge in [0.05, 0.1) is 13.2 Å². The molecule has 0 radical (unpaired) electrons. The number of amides is 2. The maximum Gasteiger partial charge on any atom is 0.286 e. The maximum absolute atomic E-state index is 12.1. The Labute approximate surface area is 134 Å². The number of ether oxygens (including phenoxy) is 2. The minimum Gasteiger partial charge on any atom is -0.490 e. The zero-order valence-corrected chi connectivity index (χ0v) is 13.0. The summed E-state index contributed by atoms with van der Waals surface area (Å²) in [4.78, 5) is 26.6. The zero-order chi connectivity index (χ0) is 16.7. The minimum absolute atomic E-state index is 0.351. The number of aromatic amines is 1. The molecule has 0 fully saturated rings. The number of hydrazine groups is 1. The van der Waals surface area contributed by atoms with Gasteiger partial charge in [-0.1, -0.05) is 0 Å². The lowest BCUT2D eigenvalue weighted by Crippen LogP contribution is -2.41. The van der Waals surface area contributed by atoms with Gasteiger partial charge in [0, 0.05) is 11.8 Å². The molecule has 3 N–H and O–H groups in total. The van der Waals surface area contributed by atoms with Gasteiger partial charge in [0.2, 0.25) is 0 Å². The standard InChI is InChI=1S/C16H19N3O4/c1-3-22-13-8-7-11(10-14(13)23-4-2)15(20)18-19-16(21)12-6-5-9-17-12/h5-10,17H,3-4H2,1-2H3,(H,18,20)(H,19,21). The van der Waals surface area contributed by atoms with Crippen LogP contribution in [0.1, 0.15) is 34.7 Å². The predicted molar refractivity (Wildman–Crippen MR) is 84.5 cm³/mol. The quantitative estimate of drug-likeness (QED) is 0.709. The highest BCUT2D eigenvalue weighted by atomic mass is 16.5. The van der Waals surface area contributed by atoms with Crippen molar-refractivity contribution in [3.8, 4) is 11.5 Å². The van der Waals surface area contributed by atoms with E-state index < -0.39 is 11.8 Å². The molecule has 0 aliphatic carbocycles. The summed E-state index contributed by atoms with van der Waals surface area (Å²) in [5.74, 6) is 0.173. The third-order valence-corrected chi connectivity index (χ3v) is 2.94. The molecule has 7 heteroatoms. The molecule has 0 atom stereocenters. The normalized spacial score (nSPS) is 10.0. The van der Waals surface area contributed by atoms with Crippen LogP contribution in [-0.4, -0.2) is 30.0 Å². The fourth-order valence-corrected chi connectivity index (χ4v) is 1.92. The van der Waals surface area contributed by atoms with Crippen LogP contribution in [0.4, 0.5) is 0 Å². The lowest BCUT2D eigenvalue weighted by Gasteiger charge is -2.12. The fourth-order valence-electron chi connectivity index (χ4n) is 1.92. The van der Waals surface area contributed by atoms with E-state index in [1.807, 2.05) is 13.8 Å². The summed E-state index contributed by atoms with van der Waals surface area (Å²) in [5.41, 5.74) is 5.39. The second-order valence-corrected chi connectivity index (χ2v) is 4.52. The zero-order valence-electron chi connectivity index (χ0n) is 13.0. The van der Waals surface area contributed by atoms with Crippen molar-refractivity contribution in [1.82, 2.24) is 15.8 Å². The lowest BCUT2D eigenvalue weighted by atomic mass is 10.2. The van der Waals surface area contributed by atoms with Gasteiger partial charge in [-0.05, 0) is 44.2 Å². The van der Waals surface area contributed by atoms with Crippen LogP contribution >= 0.6 is 0 Å². The Hall–Kier alpha value is -2.96. The van der Waals surface area contributed by atoms with Gasteiger partial charge in [-0.2, -0.15) is 0 Å². The van der Waals surface area contributed by atoms with Gasteiger partial charge in [0.15, 0.2) is 11.5 Å². The van der Waals surface area contributed by atoms with Crippen LogP contribution in [0.3, 0.4) is 0 Å². The Morgan fingerprint density at radius 3 is 2.35 bits per heavy atom. The number of H-pyrrole nitrogens is 1.